The van der Waals surface area contributed by atoms with Crippen LogP contribution in [0.4, 0.5) is 0 Å². The fraction of sp³-hybridized carbons (Fsp3) is 0. The minimum absolute atomic E-state index is 1.17. The second-order valence-corrected chi connectivity index (χ2v) is 10.0. The zero-order valence-electron chi connectivity index (χ0n) is 21.3. The van der Waals surface area contributed by atoms with E-state index in [0.29, 0.717) is 0 Å². The van der Waals surface area contributed by atoms with E-state index in [1.54, 1.807) is 0 Å². The summed E-state index contributed by atoms with van der Waals surface area (Å²) < 4.78 is 2.37. The first-order valence-electron chi connectivity index (χ1n) is 13.3. The van der Waals surface area contributed by atoms with Gasteiger partial charge in [0.05, 0.1) is 11.0 Å². The first-order valence-corrected chi connectivity index (χ1v) is 13.3. The molecule has 0 aliphatic carbocycles. The van der Waals surface area contributed by atoms with E-state index in [9.17, 15) is 0 Å². The van der Waals surface area contributed by atoms with E-state index in [4.69, 9.17) is 0 Å². The Balaban J connectivity index is 1.48. The van der Waals surface area contributed by atoms with Crippen molar-refractivity contribution < 1.29 is 0 Å². The molecule has 8 aromatic rings. The first kappa shape index (κ1) is 21.8. The Morgan fingerprint density at radius 3 is 1.77 bits per heavy atom. The van der Waals surface area contributed by atoms with E-state index in [1.807, 2.05) is 12.4 Å². The molecule has 0 amide bonds. The van der Waals surface area contributed by atoms with E-state index in [-0.39, 0.29) is 0 Å². The summed E-state index contributed by atoms with van der Waals surface area (Å²) in [4.78, 5) is 4.59. The molecule has 0 fully saturated rings. The monoisotopic (exact) mass is 496 g/mol. The van der Waals surface area contributed by atoms with Crippen LogP contribution in [0, 0.1) is 0 Å². The number of hydrogen-bond acceptors (Lipinski definition) is 1. The summed E-state index contributed by atoms with van der Waals surface area (Å²) in [5.74, 6) is 0. The van der Waals surface area contributed by atoms with Crippen LogP contribution < -0.4 is 0 Å². The maximum Gasteiger partial charge on any atom is 0.0541 e. The van der Waals surface area contributed by atoms with E-state index < -0.39 is 0 Å². The minimum atomic E-state index is 1.17. The van der Waals surface area contributed by atoms with Crippen LogP contribution in [0.15, 0.2) is 146 Å². The third kappa shape index (κ3) is 3.32. The third-order valence-corrected chi connectivity index (χ3v) is 7.86. The molecule has 6 aromatic carbocycles. The van der Waals surface area contributed by atoms with Crippen LogP contribution >= 0.6 is 0 Å². The van der Waals surface area contributed by atoms with Crippen molar-refractivity contribution in [1.82, 2.24) is 9.55 Å². The van der Waals surface area contributed by atoms with Crippen molar-refractivity contribution in [3.63, 3.8) is 0 Å². The van der Waals surface area contributed by atoms with Crippen molar-refractivity contribution in [3.8, 4) is 27.9 Å². The summed E-state index contributed by atoms with van der Waals surface area (Å²) in [5.41, 5.74) is 8.50. The lowest BCUT2D eigenvalue weighted by atomic mass is 9.86. The van der Waals surface area contributed by atoms with Crippen molar-refractivity contribution in [2.75, 3.05) is 0 Å². The maximum atomic E-state index is 4.59. The van der Waals surface area contributed by atoms with Crippen molar-refractivity contribution in [2.24, 2.45) is 0 Å². The van der Waals surface area contributed by atoms with Crippen molar-refractivity contribution >= 4 is 43.4 Å². The lowest BCUT2D eigenvalue weighted by Crippen LogP contribution is -1.93. The van der Waals surface area contributed by atoms with Gasteiger partial charge in [-0.1, -0.05) is 97.1 Å². The molecule has 182 valence electrons. The first-order chi connectivity index (χ1) is 19.4. The SMILES string of the molecule is c1ccc(-c2c3ccccc3c(-c3ccc4c(c3)c3ccccc3n4-c3ccccc3)c3cnccc23)cc1. The van der Waals surface area contributed by atoms with Gasteiger partial charge in [0.1, 0.15) is 0 Å². The number of benzene rings is 6. The van der Waals surface area contributed by atoms with Crippen molar-refractivity contribution in [3.05, 3.63) is 146 Å². The lowest BCUT2D eigenvalue weighted by molar-refractivity contribution is 1.18. The van der Waals surface area contributed by atoms with Crippen LogP contribution in [0.5, 0.6) is 0 Å². The molecule has 0 unspecified atom stereocenters. The molecule has 0 radical (unpaired) electrons. The third-order valence-electron chi connectivity index (χ3n) is 7.86. The highest BCUT2D eigenvalue weighted by molar-refractivity contribution is 6.22. The molecule has 0 aliphatic heterocycles. The Morgan fingerprint density at radius 2 is 1.00 bits per heavy atom. The molecule has 0 saturated carbocycles. The van der Waals surface area contributed by atoms with E-state index in [0.717, 1.165) is 0 Å². The minimum Gasteiger partial charge on any atom is -0.309 e. The zero-order valence-corrected chi connectivity index (χ0v) is 21.3. The van der Waals surface area contributed by atoms with E-state index in [1.165, 1.54) is 71.3 Å². The van der Waals surface area contributed by atoms with Gasteiger partial charge in [0, 0.05) is 34.2 Å². The van der Waals surface area contributed by atoms with Gasteiger partial charge in [0.2, 0.25) is 0 Å². The lowest BCUT2D eigenvalue weighted by Gasteiger charge is -2.17. The van der Waals surface area contributed by atoms with E-state index >= 15 is 0 Å². The fourth-order valence-electron chi connectivity index (χ4n) is 6.23. The molecule has 2 aromatic heterocycles. The van der Waals surface area contributed by atoms with Gasteiger partial charge in [-0.2, -0.15) is 0 Å². The molecular formula is C37H24N2. The zero-order chi connectivity index (χ0) is 25.8. The molecule has 0 N–H and O–H groups in total. The number of fused-ring (bicyclic) bond motifs is 5. The highest BCUT2D eigenvalue weighted by Crippen LogP contribution is 2.44. The predicted octanol–water partition coefficient (Wildman–Crippen LogP) is 9.82. The quantitative estimate of drug-likeness (QED) is 0.223. The van der Waals surface area contributed by atoms with Gasteiger partial charge in [-0.3, -0.25) is 4.98 Å². The van der Waals surface area contributed by atoms with Gasteiger partial charge in [-0.15, -0.1) is 0 Å². The van der Waals surface area contributed by atoms with Crippen LogP contribution in [0.3, 0.4) is 0 Å². The molecule has 2 nitrogen and oxygen atoms in total. The molecular weight excluding hydrogens is 472 g/mol. The molecule has 2 heteroatoms. The number of rotatable bonds is 3. The maximum absolute atomic E-state index is 4.59. The molecule has 0 bridgehead atoms. The normalized spacial score (nSPS) is 11.6. The summed E-state index contributed by atoms with van der Waals surface area (Å²) >= 11 is 0. The van der Waals surface area contributed by atoms with Crippen LogP contribution in [0.2, 0.25) is 0 Å². The van der Waals surface area contributed by atoms with E-state index in [2.05, 4.69) is 143 Å². The topological polar surface area (TPSA) is 17.8 Å². The summed E-state index contributed by atoms with van der Waals surface area (Å²) in [6, 6.07) is 47.9. The number of pyridine rings is 1. The Morgan fingerprint density at radius 1 is 0.410 bits per heavy atom. The van der Waals surface area contributed by atoms with Gasteiger partial charge in [0.15, 0.2) is 0 Å². The number of aromatic nitrogens is 2. The van der Waals surface area contributed by atoms with Crippen LogP contribution in [0.1, 0.15) is 0 Å². The second kappa shape index (κ2) is 8.68. The largest absolute Gasteiger partial charge is 0.309 e. The summed E-state index contributed by atoms with van der Waals surface area (Å²) in [7, 11) is 0. The van der Waals surface area contributed by atoms with Gasteiger partial charge < -0.3 is 4.57 Å². The Bertz CT molecular complexity index is 2100. The molecule has 0 spiro atoms. The molecule has 2 heterocycles. The predicted molar refractivity (Wildman–Crippen MR) is 164 cm³/mol. The van der Waals surface area contributed by atoms with Gasteiger partial charge >= 0.3 is 0 Å². The Labute approximate surface area is 226 Å². The Kier molecular flexibility index (Phi) is 4.86. The van der Waals surface area contributed by atoms with Crippen LogP contribution in [-0.4, -0.2) is 9.55 Å². The molecule has 0 saturated heterocycles. The highest BCUT2D eigenvalue weighted by atomic mass is 15.0. The standard InChI is InChI=1S/C37H24N2/c1-3-11-25(12-4-1)36-29-16-7-8-17-30(29)37(33-24-38-22-21-31(33)36)26-19-20-35-32(23-26)28-15-9-10-18-34(28)39(35)27-13-5-2-6-14-27/h1-24H. The molecule has 8 rings (SSSR count). The summed E-state index contributed by atoms with van der Waals surface area (Å²) in [6.07, 6.45) is 3.94. The van der Waals surface area contributed by atoms with Gasteiger partial charge in [-0.25, -0.2) is 0 Å². The molecule has 39 heavy (non-hydrogen) atoms. The molecule has 0 aliphatic rings. The smallest absolute Gasteiger partial charge is 0.0541 e. The van der Waals surface area contributed by atoms with Crippen molar-refractivity contribution in [1.29, 1.82) is 0 Å². The van der Waals surface area contributed by atoms with Gasteiger partial charge in [0.25, 0.3) is 0 Å². The highest BCUT2D eigenvalue weighted by Gasteiger charge is 2.18. The number of hydrogen-bond donors (Lipinski definition) is 0. The average Bonchev–Trinajstić information content (AvgIpc) is 3.34. The summed E-state index contributed by atoms with van der Waals surface area (Å²) in [5, 5.41) is 7.39. The number of para-hydroxylation sites is 2. The van der Waals surface area contributed by atoms with Gasteiger partial charge in [-0.05, 0) is 74.8 Å². The van der Waals surface area contributed by atoms with Crippen molar-refractivity contribution in [2.45, 2.75) is 0 Å². The summed E-state index contributed by atoms with van der Waals surface area (Å²) in [6.45, 7) is 0. The number of nitrogens with zero attached hydrogens (tertiary/aromatic N) is 2. The average molecular weight is 497 g/mol. The van der Waals surface area contributed by atoms with Crippen LogP contribution in [-0.2, 0) is 0 Å². The fourth-order valence-corrected chi connectivity index (χ4v) is 6.23. The molecule has 0 atom stereocenters. The Hall–Kier alpha value is -5.21. The second-order valence-electron chi connectivity index (χ2n) is 10.0. The van der Waals surface area contributed by atoms with Crippen LogP contribution in [0.25, 0.3) is 71.3 Å².